The van der Waals surface area contributed by atoms with Crippen LogP contribution >= 0.6 is 0 Å². The Morgan fingerprint density at radius 1 is 1.27 bits per heavy atom. The summed E-state index contributed by atoms with van der Waals surface area (Å²) in [5.41, 5.74) is 0. The minimum atomic E-state index is -0.571. The first kappa shape index (κ1) is 5.81. The Balaban J connectivity index is 1.90. The molecule has 0 spiro atoms. The molecule has 2 fully saturated rings. The number of allylic oxidation sites excluding steroid dienone is 2. The molecule has 1 N–H and O–H groups in total. The zero-order valence-electron chi connectivity index (χ0n) is 6.10. The second kappa shape index (κ2) is 1.52. The number of rotatable bonds is 1. The molecule has 0 aromatic rings. The molecule has 2 saturated carbocycles. The molecular weight excluding hydrogens is 140 g/mol. The molecule has 3 rings (SSSR count). The fourth-order valence-corrected chi connectivity index (χ4v) is 3.12. The van der Waals surface area contributed by atoms with Crippen LogP contribution in [0.4, 0.5) is 0 Å². The van der Waals surface area contributed by atoms with Gasteiger partial charge in [0.15, 0.2) is 0 Å². The van der Waals surface area contributed by atoms with E-state index in [4.69, 9.17) is 5.11 Å². The van der Waals surface area contributed by atoms with Crippen LogP contribution in [0.2, 0.25) is 0 Å². The van der Waals surface area contributed by atoms with Gasteiger partial charge >= 0.3 is 5.97 Å². The van der Waals surface area contributed by atoms with Gasteiger partial charge in [0.1, 0.15) is 0 Å². The van der Waals surface area contributed by atoms with Gasteiger partial charge < -0.3 is 5.11 Å². The largest absolute Gasteiger partial charge is 0.481 e. The summed E-state index contributed by atoms with van der Waals surface area (Å²) in [6.45, 7) is 0. The van der Waals surface area contributed by atoms with Gasteiger partial charge in [-0.1, -0.05) is 12.2 Å². The Hall–Kier alpha value is -0.790. The molecule has 2 heteroatoms. The van der Waals surface area contributed by atoms with E-state index in [9.17, 15) is 4.79 Å². The lowest BCUT2D eigenvalue weighted by molar-refractivity contribution is -0.139. The van der Waals surface area contributed by atoms with E-state index in [1.54, 1.807) is 0 Å². The zero-order valence-corrected chi connectivity index (χ0v) is 6.10. The van der Waals surface area contributed by atoms with E-state index in [-0.39, 0.29) is 5.92 Å². The van der Waals surface area contributed by atoms with Crippen molar-refractivity contribution in [2.24, 2.45) is 29.6 Å². The van der Waals surface area contributed by atoms with Crippen molar-refractivity contribution < 1.29 is 9.90 Å². The summed E-state index contributed by atoms with van der Waals surface area (Å²) in [6.07, 6.45) is 5.67. The van der Waals surface area contributed by atoms with Gasteiger partial charge in [-0.3, -0.25) is 4.79 Å². The van der Waals surface area contributed by atoms with Crippen LogP contribution in [-0.4, -0.2) is 11.1 Å². The van der Waals surface area contributed by atoms with Gasteiger partial charge in [0.2, 0.25) is 0 Å². The van der Waals surface area contributed by atoms with E-state index in [0.29, 0.717) is 23.7 Å². The first-order chi connectivity index (χ1) is 5.29. The summed E-state index contributed by atoms with van der Waals surface area (Å²) < 4.78 is 0. The van der Waals surface area contributed by atoms with Crippen LogP contribution in [0.15, 0.2) is 12.2 Å². The third kappa shape index (κ3) is 0.525. The summed E-state index contributed by atoms with van der Waals surface area (Å²) in [5, 5.41) is 8.79. The highest BCUT2D eigenvalue weighted by Gasteiger charge is 2.66. The average Bonchev–Trinajstić information content (AvgIpc) is 2.44. The smallest absolute Gasteiger partial charge is 0.307 e. The fraction of sp³-hybridized carbons (Fsp3) is 0.667. The predicted molar refractivity (Wildman–Crippen MR) is 38.8 cm³/mol. The predicted octanol–water partition coefficient (Wildman–Crippen LogP) is 1.14. The second-order valence-corrected chi connectivity index (χ2v) is 3.97. The number of carboxylic acid groups (broad SMARTS) is 1. The summed E-state index contributed by atoms with van der Waals surface area (Å²) in [6, 6.07) is 0. The van der Waals surface area contributed by atoms with Crippen molar-refractivity contribution in [2.75, 3.05) is 0 Å². The number of aliphatic carboxylic acids is 1. The summed E-state index contributed by atoms with van der Waals surface area (Å²) >= 11 is 0. The van der Waals surface area contributed by atoms with Crippen LogP contribution in [0.25, 0.3) is 0 Å². The van der Waals surface area contributed by atoms with Crippen molar-refractivity contribution in [2.45, 2.75) is 6.42 Å². The van der Waals surface area contributed by atoms with Gasteiger partial charge in [0, 0.05) is 0 Å². The lowest BCUT2D eigenvalue weighted by Crippen LogP contribution is -2.08. The Bertz CT molecular complexity index is 238. The van der Waals surface area contributed by atoms with Gasteiger partial charge in [-0.2, -0.15) is 0 Å². The fourth-order valence-electron chi connectivity index (χ4n) is 3.12. The topological polar surface area (TPSA) is 37.3 Å². The lowest BCUT2D eigenvalue weighted by Gasteiger charge is -2.03. The highest BCUT2D eigenvalue weighted by molar-refractivity contribution is 5.75. The van der Waals surface area contributed by atoms with Crippen LogP contribution in [0.5, 0.6) is 0 Å². The van der Waals surface area contributed by atoms with E-state index in [0.717, 1.165) is 0 Å². The van der Waals surface area contributed by atoms with Crippen LogP contribution < -0.4 is 0 Å². The summed E-state index contributed by atoms with van der Waals surface area (Å²) in [4.78, 5) is 10.7. The molecule has 3 unspecified atom stereocenters. The molecule has 2 bridgehead atoms. The SMILES string of the molecule is O=C(O)C1C2C1[C@H]1C=C[C@@H]2C1. The van der Waals surface area contributed by atoms with E-state index >= 15 is 0 Å². The van der Waals surface area contributed by atoms with Crippen molar-refractivity contribution in [3.63, 3.8) is 0 Å². The molecule has 2 nitrogen and oxygen atoms in total. The van der Waals surface area contributed by atoms with E-state index in [1.807, 2.05) is 0 Å². The lowest BCUT2D eigenvalue weighted by atomic mass is 10.0. The first-order valence-corrected chi connectivity index (χ1v) is 4.20. The van der Waals surface area contributed by atoms with Gasteiger partial charge in [0.25, 0.3) is 0 Å². The Morgan fingerprint density at radius 2 is 1.82 bits per heavy atom. The molecule has 0 aromatic carbocycles. The van der Waals surface area contributed by atoms with Crippen molar-refractivity contribution in [3.8, 4) is 0 Å². The maximum absolute atomic E-state index is 10.7. The number of hydrogen-bond acceptors (Lipinski definition) is 1. The molecule has 0 radical (unpaired) electrons. The Morgan fingerprint density at radius 3 is 2.27 bits per heavy atom. The highest BCUT2D eigenvalue weighted by atomic mass is 16.4. The normalized spacial score (nSPS) is 56.2. The minimum absolute atomic E-state index is 0.00810. The van der Waals surface area contributed by atoms with Gasteiger partial charge in [-0.25, -0.2) is 0 Å². The minimum Gasteiger partial charge on any atom is -0.481 e. The van der Waals surface area contributed by atoms with Crippen LogP contribution in [-0.2, 0) is 4.79 Å². The van der Waals surface area contributed by atoms with Gasteiger partial charge in [-0.15, -0.1) is 0 Å². The molecule has 0 aliphatic heterocycles. The molecule has 0 saturated heterocycles. The molecule has 5 atom stereocenters. The maximum atomic E-state index is 10.7. The van der Waals surface area contributed by atoms with Crippen LogP contribution in [0.3, 0.4) is 0 Å². The van der Waals surface area contributed by atoms with E-state index in [2.05, 4.69) is 12.2 Å². The number of fused-ring (bicyclic) bond motifs is 5. The molecule has 3 aliphatic rings. The number of carboxylic acids is 1. The Labute approximate surface area is 64.9 Å². The number of carbonyl (C=O) groups is 1. The van der Waals surface area contributed by atoms with E-state index in [1.165, 1.54) is 6.42 Å². The Kier molecular flexibility index (Phi) is 0.803. The van der Waals surface area contributed by atoms with Crippen LogP contribution in [0.1, 0.15) is 6.42 Å². The zero-order chi connectivity index (χ0) is 7.59. The molecule has 0 aromatic heterocycles. The molecule has 0 amide bonds. The van der Waals surface area contributed by atoms with Crippen molar-refractivity contribution >= 4 is 5.97 Å². The third-order valence-corrected chi connectivity index (χ3v) is 3.56. The highest BCUT2D eigenvalue weighted by Crippen LogP contribution is 2.66. The van der Waals surface area contributed by atoms with Crippen molar-refractivity contribution in [1.29, 1.82) is 0 Å². The summed E-state index contributed by atoms with van der Waals surface area (Å²) in [7, 11) is 0. The molecular formula is C9H10O2. The van der Waals surface area contributed by atoms with E-state index < -0.39 is 5.97 Å². The first-order valence-electron chi connectivity index (χ1n) is 4.20. The molecule has 0 heterocycles. The summed E-state index contributed by atoms with van der Waals surface area (Å²) in [5.74, 6) is 1.70. The molecule has 58 valence electrons. The van der Waals surface area contributed by atoms with Gasteiger partial charge in [0.05, 0.1) is 5.92 Å². The number of hydrogen-bond donors (Lipinski definition) is 1. The quantitative estimate of drug-likeness (QED) is 0.569. The molecule has 3 aliphatic carbocycles. The van der Waals surface area contributed by atoms with Gasteiger partial charge in [-0.05, 0) is 30.1 Å². The second-order valence-electron chi connectivity index (χ2n) is 3.97. The van der Waals surface area contributed by atoms with Crippen molar-refractivity contribution in [1.82, 2.24) is 0 Å². The monoisotopic (exact) mass is 150 g/mol. The third-order valence-electron chi connectivity index (χ3n) is 3.56. The molecule has 11 heavy (non-hydrogen) atoms. The standard InChI is InChI=1S/C9H10O2/c10-9(11)8-6-4-1-2-5(3-4)7(6)8/h1-2,4-8H,3H2,(H,10,11)/t4-,5+,6?,7?,8?. The average molecular weight is 150 g/mol. The van der Waals surface area contributed by atoms with Crippen LogP contribution in [0, 0.1) is 29.6 Å². The maximum Gasteiger partial charge on any atom is 0.307 e. The van der Waals surface area contributed by atoms with Crippen molar-refractivity contribution in [3.05, 3.63) is 12.2 Å².